The van der Waals surface area contributed by atoms with E-state index >= 15 is 0 Å². The Morgan fingerprint density at radius 2 is 1.92 bits per heavy atom. The average molecular weight is 377 g/mol. The summed E-state index contributed by atoms with van der Waals surface area (Å²) in [7, 11) is 0. The third-order valence-corrected chi connectivity index (χ3v) is 3.83. The van der Waals surface area contributed by atoms with E-state index in [-0.39, 0.29) is 24.6 Å². The number of nitrogens with one attached hydrogen (secondary N) is 1. The summed E-state index contributed by atoms with van der Waals surface area (Å²) in [5.41, 5.74) is 0.895. The largest absolute Gasteiger partial charge is 0.458 e. The number of carbonyl (C=O) groups is 2. The fraction of sp³-hybridized carbons (Fsp3) is 0.222. The molecule has 0 heterocycles. The molecular formula is C18H17ClN2O5. The highest BCUT2D eigenvalue weighted by Gasteiger charge is 2.15. The summed E-state index contributed by atoms with van der Waals surface area (Å²) in [4.78, 5) is 34.1. The highest BCUT2D eigenvalue weighted by Crippen LogP contribution is 2.22. The number of hydrogen-bond donors (Lipinski definition) is 1. The Hall–Kier alpha value is -2.93. The molecule has 2 aromatic rings. The predicted octanol–water partition coefficient (Wildman–Crippen LogP) is 3.67. The number of nitrogens with zero attached hydrogens (tertiary/aromatic N) is 1. The maximum absolute atomic E-state index is 11.9. The number of esters is 1. The Bertz CT molecular complexity index is 807. The average Bonchev–Trinajstić information content (AvgIpc) is 2.62. The first-order valence-electron chi connectivity index (χ1n) is 7.84. The molecule has 1 amide bonds. The van der Waals surface area contributed by atoms with Crippen LogP contribution in [0.3, 0.4) is 0 Å². The minimum Gasteiger partial charge on any atom is -0.458 e. The summed E-state index contributed by atoms with van der Waals surface area (Å²) in [6.07, 6.45) is -0.645. The van der Waals surface area contributed by atoms with Gasteiger partial charge in [-0.15, -0.1) is 0 Å². The van der Waals surface area contributed by atoms with E-state index in [1.165, 1.54) is 18.2 Å². The zero-order valence-electron chi connectivity index (χ0n) is 14.0. The third-order valence-electron chi connectivity index (χ3n) is 3.58. The van der Waals surface area contributed by atoms with Crippen molar-refractivity contribution in [3.05, 3.63) is 74.8 Å². The molecule has 2 aromatic carbocycles. The van der Waals surface area contributed by atoms with Gasteiger partial charge in [0.1, 0.15) is 6.10 Å². The Kier molecular flexibility index (Phi) is 6.68. The van der Waals surface area contributed by atoms with Gasteiger partial charge in [-0.1, -0.05) is 23.7 Å². The van der Waals surface area contributed by atoms with Gasteiger partial charge in [0.15, 0.2) is 0 Å². The number of carbonyl (C=O) groups excluding carboxylic acids is 2. The Morgan fingerprint density at radius 1 is 1.23 bits per heavy atom. The zero-order valence-corrected chi connectivity index (χ0v) is 14.7. The number of nitro benzene ring substituents is 1. The standard InChI is InChI=1S/C18H17ClN2O5/c1-12(14-3-2-4-16(11-14)21(24)25)26-17(22)9-10-20-18(23)13-5-7-15(19)8-6-13/h2-8,11-12H,9-10H2,1H3,(H,20,23)/t12-/m1/s1. The van der Waals surface area contributed by atoms with Gasteiger partial charge in [-0.3, -0.25) is 19.7 Å². The van der Waals surface area contributed by atoms with Crippen LogP contribution in [0.15, 0.2) is 48.5 Å². The highest BCUT2D eigenvalue weighted by atomic mass is 35.5. The molecule has 136 valence electrons. The predicted molar refractivity (Wildman–Crippen MR) is 96.0 cm³/mol. The quantitative estimate of drug-likeness (QED) is 0.451. The van der Waals surface area contributed by atoms with Crippen LogP contribution in [-0.4, -0.2) is 23.3 Å². The zero-order chi connectivity index (χ0) is 19.1. The van der Waals surface area contributed by atoms with Crippen LogP contribution in [0.4, 0.5) is 5.69 Å². The van der Waals surface area contributed by atoms with Gasteiger partial charge in [0.25, 0.3) is 11.6 Å². The van der Waals surface area contributed by atoms with Crippen molar-refractivity contribution in [3.8, 4) is 0 Å². The molecule has 0 spiro atoms. The van der Waals surface area contributed by atoms with Crippen LogP contribution in [0.1, 0.15) is 35.4 Å². The number of amides is 1. The van der Waals surface area contributed by atoms with E-state index in [2.05, 4.69) is 5.32 Å². The molecule has 0 unspecified atom stereocenters. The van der Waals surface area contributed by atoms with E-state index in [1.54, 1.807) is 37.3 Å². The fourth-order valence-electron chi connectivity index (χ4n) is 2.20. The second-order valence-electron chi connectivity index (χ2n) is 5.50. The lowest BCUT2D eigenvalue weighted by molar-refractivity contribution is -0.385. The summed E-state index contributed by atoms with van der Waals surface area (Å²) in [5.74, 6) is -0.832. The lowest BCUT2D eigenvalue weighted by Crippen LogP contribution is -2.26. The molecular weight excluding hydrogens is 360 g/mol. The van der Waals surface area contributed by atoms with Crippen LogP contribution < -0.4 is 5.32 Å². The molecule has 0 saturated carbocycles. The second-order valence-corrected chi connectivity index (χ2v) is 5.93. The topological polar surface area (TPSA) is 98.5 Å². The molecule has 0 aromatic heterocycles. The number of halogens is 1. The summed E-state index contributed by atoms with van der Waals surface area (Å²) in [6.45, 7) is 1.74. The molecule has 0 aliphatic carbocycles. The summed E-state index contributed by atoms with van der Waals surface area (Å²) in [6, 6.07) is 12.3. The van der Waals surface area contributed by atoms with Crippen molar-refractivity contribution in [1.29, 1.82) is 0 Å². The van der Waals surface area contributed by atoms with E-state index in [4.69, 9.17) is 16.3 Å². The monoisotopic (exact) mass is 376 g/mol. The first kappa shape index (κ1) is 19.4. The highest BCUT2D eigenvalue weighted by molar-refractivity contribution is 6.30. The van der Waals surface area contributed by atoms with Gasteiger partial charge in [0, 0.05) is 29.3 Å². The van der Waals surface area contributed by atoms with E-state index in [0.717, 1.165) is 0 Å². The van der Waals surface area contributed by atoms with Gasteiger partial charge in [0.05, 0.1) is 11.3 Å². The van der Waals surface area contributed by atoms with Gasteiger partial charge in [-0.25, -0.2) is 0 Å². The summed E-state index contributed by atoms with van der Waals surface area (Å²) >= 11 is 5.76. The first-order valence-corrected chi connectivity index (χ1v) is 8.22. The Labute approximate surface area is 155 Å². The van der Waals surface area contributed by atoms with Crippen molar-refractivity contribution in [1.82, 2.24) is 5.32 Å². The maximum Gasteiger partial charge on any atom is 0.308 e. The minimum absolute atomic E-state index is 0.0153. The van der Waals surface area contributed by atoms with E-state index in [1.807, 2.05) is 0 Å². The van der Waals surface area contributed by atoms with E-state index in [9.17, 15) is 19.7 Å². The molecule has 0 aliphatic rings. The van der Waals surface area contributed by atoms with Gasteiger partial charge < -0.3 is 10.1 Å². The molecule has 0 fully saturated rings. The summed E-state index contributed by atoms with van der Waals surface area (Å²) in [5, 5.41) is 13.9. The van der Waals surface area contributed by atoms with Crippen LogP contribution in [0.25, 0.3) is 0 Å². The lowest BCUT2D eigenvalue weighted by Gasteiger charge is -2.13. The molecule has 7 nitrogen and oxygen atoms in total. The minimum atomic E-state index is -0.630. The molecule has 0 bridgehead atoms. The molecule has 0 radical (unpaired) electrons. The van der Waals surface area contributed by atoms with E-state index in [0.29, 0.717) is 16.1 Å². The molecule has 1 N–H and O–H groups in total. The first-order chi connectivity index (χ1) is 12.4. The summed E-state index contributed by atoms with van der Waals surface area (Å²) < 4.78 is 5.24. The second kappa shape index (κ2) is 8.96. The molecule has 0 aliphatic heterocycles. The lowest BCUT2D eigenvalue weighted by atomic mass is 10.1. The molecule has 0 saturated heterocycles. The van der Waals surface area contributed by atoms with Gasteiger partial charge in [0.2, 0.25) is 0 Å². The number of hydrogen-bond acceptors (Lipinski definition) is 5. The van der Waals surface area contributed by atoms with Crippen molar-refractivity contribution in [2.24, 2.45) is 0 Å². The van der Waals surface area contributed by atoms with Crippen molar-refractivity contribution in [2.45, 2.75) is 19.4 Å². The molecule has 8 heteroatoms. The normalized spacial score (nSPS) is 11.5. The van der Waals surface area contributed by atoms with Crippen LogP contribution >= 0.6 is 11.6 Å². The Morgan fingerprint density at radius 3 is 2.58 bits per heavy atom. The third kappa shape index (κ3) is 5.56. The Balaban J connectivity index is 1.81. The van der Waals surface area contributed by atoms with Gasteiger partial charge in [-0.05, 0) is 36.8 Å². The maximum atomic E-state index is 11.9. The molecule has 26 heavy (non-hydrogen) atoms. The van der Waals surface area contributed by atoms with Crippen molar-refractivity contribution in [2.75, 3.05) is 6.54 Å². The van der Waals surface area contributed by atoms with E-state index < -0.39 is 17.0 Å². The fourth-order valence-corrected chi connectivity index (χ4v) is 2.32. The van der Waals surface area contributed by atoms with Crippen LogP contribution in [0.5, 0.6) is 0 Å². The van der Waals surface area contributed by atoms with Crippen LogP contribution in [0.2, 0.25) is 5.02 Å². The number of non-ortho nitro benzene ring substituents is 1. The van der Waals surface area contributed by atoms with Crippen molar-refractivity contribution in [3.63, 3.8) is 0 Å². The van der Waals surface area contributed by atoms with Gasteiger partial charge >= 0.3 is 5.97 Å². The van der Waals surface area contributed by atoms with Gasteiger partial charge in [-0.2, -0.15) is 0 Å². The molecule has 2 rings (SSSR count). The number of nitro groups is 1. The van der Waals surface area contributed by atoms with Crippen LogP contribution in [0, 0.1) is 10.1 Å². The smallest absolute Gasteiger partial charge is 0.308 e. The molecule has 1 atom stereocenters. The number of benzene rings is 2. The number of ether oxygens (including phenoxy) is 1. The number of rotatable bonds is 7. The van der Waals surface area contributed by atoms with Crippen molar-refractivity contribution < 1.29 is 19.2 Å². The SMILES string of the molecule is C[C@@H](OC(=O)CCNC(=O)c1ccc(Cl)cc1)c1cccc([N+](=O)[O-])c1. The van der Waals surface area contributed by atoms with Crippen LogP contribution in [-0.2, 0) is 9.53 Å². The van der Waals surface area contributed by atoms with Crippen molar-refractivity contribution >= 4 is 29.2 Å².